The van der Waals surface area contributed by atoms with E-state index in [4.69, 9.17) is 14.5 Å². The Bertz CT molecular complexity index is 1780. The lowest BCUT2D eigenvalue weighted by atomic mass is 9.84. The highest BCUT2D eigenvalue weighted by Crippen LogP contribution is 2.35. The quantitative estimate of drug-likeness (QED) is 0.121. The molecule has 4 amide bonds. The number of aliphatic hydroxyl groups excluding tert-OH is 1. The van der Waals surface area contributed by atoms with Crippen molar-refractivity contribution in [1.82, 2.24) is 40.9 Å². The molecular weight excluding hydrogens is 680 g/mol. The molecule has 53 heavy (non-hydrogen) atoms. The Morgan fingerprint density at radius 1 is 1.15 bits per heavy atom. The average Bonchev–Trinajstić information content (AvgIpc) is 3.50. The maximum Gasteiger partial charge on any atom is 0.315 e. The van der Waals surface area contributed by atoms with Crippen LogP contribution in [-0.2, 0) is 14.4 Å². The van der Waals surface area contributed by atoms with Gasteiger partial charge in [0.1, 0.15) is 35.4 Å². The fourth-order valence-electron chi connectivity index (χ4n) is 6.70. The van der Waals surface area contributed by atoms with E-state index in [0.29, 0.717) is 35.5 Å². The van der Waals surface area contributed by atoms with E-state index in [1.165, 1.54) is 0 Å². The molecule has 2 fully saturated rings. The number of aldehydes is 1. The predicted octanol–water partition coefficient (Wildman–Crippen LogP) is 3.21. The smallest absolute Gasteiger partial charge is 0.315 e. The topological polar surface area (TPSA) is 189 Å². The first-order valence-corrected chi connectivity index (χ1v) is 18.3. The number of ether oxygens (including phenoxy) is 2. The summed E-state index contributed by atoms with van der Waals surface area (Å²) < 4.78 is 13.6. The second kappa shape index (κ2) is 15.8. The van der Waals surface area contributed by atoms with Crippen molar-refractivity contribution in [2.75, 3.05) is 13.7 Å². The summed E-state index contributed by atoms with van der Waals surface area (Å²) in [6.07, 6.45) is 3.74. The highest BCUT2D eigenvalue weighted by atomic mass is 16.5. The van der Waals surface area contributed by atoms with Gasteiger partial charge in [-0.15, -0.1) is 0 Å². The van der Waals surface area contributed by atoms with E-state index in [1.54, 1.807) is 63.2 Å². The van der Waals surface area contributed by atoms with Gasteiger partial charge in [0, 0.05) is 54.5 Å². The Kier molecular flexibility index (Phi) is 11.8. The van der Waals surface area contributed by atoms with Crippen LogP contribution in [-0.4, -0.2) is 104 Å². The Labute approximate surface area is 310 Å². The molecule has 5 N–H and O–H groups in total. The molecule has 0 radical (unpaired) electrons. The van der Waals surface area contributed by atoms with Crippen molar-refractivity contribution in [3.8, 4) is 17.3 Å². The van der Waals surface area contributed by atoms with Gasteiger partial charge in [-0.25, -0.2) is 14.5 Å². The molecule has 3 heterocycles. The van der Waals surface area contributed by atoms with Gasteiger partial charge in [-0.1, -0.05) is 34.1 Å². The molecule has 3 aromatic rings. The van der Waals surface area contributed by atoms with Crippen LogP contribution in [0.15, 0.2) is 42.7 Å². The number of rotatable bonds is 14. The number of hydrogen-bond donors (Lipinski definition) is 5. The zero-order valence-electron chi connectivity index (χ0n) is 31.9. The number of urea groups is 1. The Morgan fingerprint density at radius 2 is 1.89 bits per heavy atom. The molecule has 15 heteroatoms. The molecule has 1 aliphatic carbocycles. The van der Waals surface area contributed by atoms with Crippen molar-refractivity contribution < 1.29 is 33.8 Å². The van der Waals surface area contributed by atoms with Crippen LogP contribution in [0, 0.1) is 5.41 Å². The van der Waals surface area contributed by atoms with Crippen molar-refractivity contribution in [3.63, 3.8) is 0 Å². The minimum Gasteiger partial charge on any atom is -0.497 e. The van der Waals surface area contributed by atoms with Gasteiger partial charge < -0.3 is 35.3 Å². The summed E-state index contributed by atoms with van der Waals surface area (Å²) in [6.45, 7) is 12.9. The van der Waals surface area contributed by atoms with Crippen molar-refractivity contribution in [2.24, 2.45) is 5.41 Å². The Morgan fingerprint density at radius 3 is 2.47 bits per heavy atom. The van der Waals surface area contributed by atoms with E-state index in [1.807, 2.05) is 39.8 Å². The number of hydrogen-bond acceptors (Lipinski definition) is 11. The average molecular weight is 735 g/mol. The number of carbonyl (C=O) groups is 4. The molecule has 5 rings (SSSR count). The number of fused-ring (bicyclic) bond motifs is 1. The van der Waals surface area contributed by atoms with Crippen LogP contribution in [0.5, 0.6) is 11.5 Å². The maximum absolute atomic E-state index is 15.0. The summed E-state index contributed by atoms with van der Waals surface area (Å²) >= 11 is 0. The molecule has 15 nitrogen and oxygen atoms in total. The standard InChI is InChI=1S/C38H54N8O7/c1-9-15-38(30(48)22-47,43-23-11-12-23)46(34(50)32(36(2,3)4)42-35(51)44-37(5,6)7)33(49)28-19-25(21-39-28)53-29-20-31(45-17-10-16-40-45)41-27-18-24(52-8)13-14-26(27)29/h10,13-14,16-18,20,22-23,25,28,30,32,39,43,48H,9,11-12,15,19,21H2,1-8H3,(H2,42,44,51)/t25-,28+,30-,32-,38+/m1/s1. The van der Waals surface area contributed by atoms with Crippen LogP contribution < -0.4 is 30.7 Å². The number of pyridine rings is 1. The van der Waals surface area contributed by atoms with Gasteiger partial charge in [0.15, 0.2) is 12.1 Å². The zero-order chi connectivity index (χ0) is 38.7. The monoisotopic (exact) mass is 734 g/mol. The van der Waals surface area contributed by atoms with Crippen LogP contribution >= 0.6 is 0 Å². The van der Waals surface area contributed by atoms with Gasteiger partial charge in [-0.3, -0.25) is 19.8 Å². The van der Waals surface area contributed by atoms with E-state index in [-0.39, 0.29) is 25.4 Å². The van der Waals surface area contributed by atoms with Crippen LogP contribution in [0.1, 0.15) is 80.6 Å². The summed E-state index contributed by atoms with van der Waals surface area (Å²) in [7, 11) is 1.58. The molecule has 1 saturated carbocycles. The molecule has 0 unspecified atom stereocenters. The van der Waals surface area contributed by atoms with E-state index in [9.17, 15) is 24.3 Å². The first kappa shape index (κ1) is 39.6. The number of nitrogens with one attached hydrogen (secondary N) is 4. The molecule has 0 spiro atoms. The van der Waals surface area contributed by atoms with Crippen LogP contribution in [0.2, 0.25) is 0 Å². The van der Waals surface area contributed by atoms with Crippen LogP contribution in [0.4, 0.5) is 4.79 Å². The lowest BCUT2D eigenvalue weighted by Crippen LogP contribution is -2.74. The third kappa shape index (κ3) is 9.14. The molecule has 2 aromatic heterocycles. The Hall–Kier alpha value is -4.60. The van der Waals surface area contributed by atoms with E-state index in [0.717, 1.165) is 23.1 Å². The van der Waals surface area contributed by atoms with Gasteiger partial charge >= 0.3 is 6.03 Å². The van der Waals surface area contributed by atoms with Gasteiger partial charge in [-0.2, -0.15) is 5.10 Å². The van der Waals surface area contributed by atoms with Crippen molar-refractivity contribution in [1.29, 1.82) is 0 Å². The van der Waals surface area contributed by atoms with Crippen LogP contribution in [0.25, 0.3) is 16.7 Å². The molecule has 5 atom stereocenters. The molecule has 0 bridgehead atoms. The van der Waals surface area contributed by atoms with Crippen LogP contribution in [0.3, 0.4) is 0 Å². The Balaban J connectivity index is 1.50. The number of imide groups is 1. The summed E-state index contributed by atoms with van der Waals surface area (Å²) in [5.41, 5.74) is -2.62. The summed E-state index contributed by atoms with van der Waals surface area (Å²) in [5, 5.41) is 28.7. The number of aromatic nitrogens is 3. The van der Waals surface area contributed by atoms with E-state index in [2.05, 4.69) is 26.4 Å². The molecule has 1 aromatic carbocycles. The number of benzene rings is 1. The minimum atomic E-state index is -1.77. The first-order valence-electron chi connectivity index (χ1n) is 18.3. The molecule has 1 saturated heterocycles. The van der Waals surface area contributed by atoms with Gasteiger partial charge in [0.05, 0.1) is 18.7 Å². The summed E-state index contributed by atoms with van der Waals surface area (Å²) in [6, 6.07) is 6.20. The second-order valence-corrected chi connectivity index (χ2v) is 16.1. The number of methoxy groups -OCH3 is 1. The fraction of sp³-hybridized carbons (Fsp3) is 0.579. The lowest BCUT2D eigenvalue weighted by molar-refractivity contribution is -0.167. The normalized spacial score (nSPS) is 19.9. The molecule has 1 aliphatic heterocycles. The highest BCUT2D eigenvalue weighted by Gasteiger charge is 2.55. The van der Waals surface area contributed by atoms with E-state index < -0.39 is 58.8 Å². The number of amides is 4. The maximum atomic E-state index is 15.0. The van der Waals surface area contributed by atoms with E-state index >= 15 is 0 Å². The lowest BCUT2D eigenvalue weighted by Gasteiger charge is -2.48. The van der Waals surface area contributed by atoms with Gasteiger partial charge in [0.25, 0.3) is 5.91 Å². The largest absolute Gasteiger partial charge is 0.497 e. The third-order valence-corrected chi connectivity index (χ3v) is 9.38. The molecular formula is C38H54N8O7. The minimum absolute atomic E-state index is 0.0985. The molecule has 288 valence electrons. The van der Waals surface area contributed by atoms with Crippen molar-refractivity contribution in [2.45, 2.75) is 122 Å². The highest BCUT2D eigenvalue weighted by molar-refractivity contribution is 6.03. The summed E-state index contributed by atoms with van der Waals surface area (Å²) in [4.78, 5) is 61.3. The number of aliphatic hydroxyl groups is 1. The van der Waals surface area contributed by atoms with Gasteiger partial charge in [0.2, 0.25) is 5.91 Å². The van der Waals surface area contributed by atoms with Gasteiger partial charge in [-0.05, 0) is 63.6 Å². The zero-order valence-corrected chi connectivity index (χ0v) is 31.9. The number of carbonyl (C=O) groups excluding carboxylic acids is 4. The summed E-state index contributed by atoms with van der Waals surface area (Å²) in [5.74, 6) is 0.287. The molecule has 2 aliphatic rings. The van der Waals surface area contributed by atoms with Crippen molar-refractivity contribution >= 4 is 35.0 Å². The third-order valence-electron chi connectivity index (χ3n) is 9.38. The SMILES string of the molecule is CCC[C@@](NC1CC1)([C@H](O)C=O)N(C(=O)[C@@H]1C[C@@H](Oc2cc(-n3cccn3)nc3cc(OC)ccc23)CN1)C(=O)[C@@H](NC(=O)NC(C)(C)C)C(C)(C)C. The first-order chi connectivity index (χ1) is 25.0. The van der Waals surface area contributed by atoms with Crippen molar-refractivity contribution in [3.05, 3.63) is 42.7 Å². The number of nitrogens with zero attached hydrogens (tertiary/aromatic N) is 4. The fourth-order valence-corrected chi connectivity index (χ4v) is 6.70. The second-order valence-electron chi connectivity index (χ2n) is 16.1. The predicted molar refractivity (Wildman–Crippen MR) is 199 cm³/mol.